The zero-order valence-electron chi connectivity index (χ0n) is 18.7. The van der Waals surface area contributed by atoms with Crippen LogP contribution in [0, 0.1) is 0 Å². The highest BCUT2D eigenvalue weighted by molar-refractivity contribution is 9.09. The van der Waals surface area contributed by atoms with Gasteiger partial charge < -0.3 is 24.6 Å². The maximum atomic E-state index is 12.2. The Kier molecular flexibility index (Phi) is 6.68. The van der Waals surface area contributed by atoms with Gasteiger partial charge in [-0.2, -0.15) is 0 Å². The molecular weight excluding hydrogens is 514 g/mol. The van der Waals surface area contributed by atoms with Crippen molar-refractivity contribution in [3.8, 4) is 11.5 Å². The number of hydrogen-bond acceptors (Lipinski definition) is 7. The normalized spacial score (nSPS) is 30.2. The molecule has 3 aliphatic heterocycles. The van der Waals surface area contributed by atoms with E-state index < -0.39 is 17.8 Å². The molecule has 1 amide bonds. The highest BCUT2D eigenvalue weighted by Gasteiger charge is 2.47. The van der Waals surface area contributed by atoms with Crippen molar-refractivity contribution in [2.45, 2.75) is 81.2 Å². The lowest BCUT2D eigenvalue weighted by Gasteiger charge is -2.46. The van der Waals surface area contributed by atoms with Crippen LogP contribution in [-0.4, -0.2) is 49.7 Å². The van der Waals surface area contributed by atoms with Crippen LogP contribution in [0.25, 0.3) is 0 Å². The van der Waals surface area contributed by atoms with Gasteiger partial charge in [0, 0.05) is 13.0 Å². The molecule has 1 fully saturated rings. The number of alkyl halides is 1. The number of aliphatic hydroxyl groups is 2. The van der Waals surface area contributed by atoms with Crippen molar-refractivity contribution in [3.05, 3.63) is 32.6 Å². The van der Waals surface area contributed by atoms with E-state index in [0.717, 1.165) is 40.6 Å². The number of aliphatic hydroxyl groups excluding tert-OH is 2. The molecule has 9 heteroatoms. The molecule has 3 aliphatic rings. The smallest absolute Gasteiger partial charge is 0.223 e. The van der Waals surface area contributed by atoms with Crippen LogP contribution in [0.3, 0.4) is 0 Å². The Morgan fingerprint density at radius 2 is 1.59 bits per heavy atom. The monoisotopic (exact) mass is 543 g/mol. The molecule has 0 aliphatic carbocycles. The van der Waals surface area contributed by atoms with Crippen LogP contribution in [0.5, 0.6) is 11.5 Å². The summed E-state index contributed by atoms with van der Waals surface area (Å²) in [5.41, 5.74) is -1.02. The van der Waals surface area contributed by atoms with Crippen LogP contribution >= 0.6 is 38.6 Å². The fourth-order valence-corrected chi connectivity index (χ4v) is 6.70. The molecule has 0 bridgehead atoms. The van der Waals surface area contributed by atoms with Crippen LogP contribution in [0.1, 0.15) is 68.9 Å². The highest BCUT2D eigenvalue weighted by Crippen LogP contribution is 2.47. The van der Waals surface area contributed by atoms with Gasteiger partial charge in [-0.05, 0) is 63.4 Å². The molecule has 0 saturated carbocycles. The number of likely N-dealkylation sites (tertiary alicyclic amines) is 1. The van der Waals surface area contributed by atoms with Gasteiger partial charge in [0.1, 0.15) is 34.9 Å². The van der Waals surface area contributed by atoms with Gasteiger partial charge in [-0.15, -0.1) is 22.7 Å². The fourth-order valence-electron chi connectivity index (χ4n) is 4.37. The van der Waals surface area contributed by atoms with Gasteiger partial charge in [-0.3, -0.25) is 4.79 Å². The van der Waals surface area contributed by atoms with Gasteiger partial charge in [-0.1, -0.05) is 15.9 Å². The van der Waals surface area contributed by atoms with Gasteiger partial charge in [-0.25, -0.2) is 0 Å². The number of amides is 1. The molecule has 4 atom stereocenters. The summed E-state index contributed by atoms with van der Waals surface area (Å²) in [7, 11) is 0. The third kappa shape index (κ3) is 4.34. The number of hydrogen-bond donors (Lipinski definition) is 2. The number of piperidine rings is 1. The molecule has 2 N–H and O–H groups in total. The van der Waals surface area contributed by atoms with Gasteiger partial charge in [0.15, 0.2) is 0 Å². The number of halogens is 1. The Labute approximate surface area is 205 Å². The topological polar surface area (TPSA) is 79.2 Å². The third-order valence-electron chi connectivity index (χ3n) is 6.25. The van der Waals surface area contributed by atoms with Gasteiger partial charge in [0.2, 0.25) is 5.91 Å². The summed E-state index contributed by atoms with van der Waals surface area (Å²) >= 11 is 6.55. The van der Waals surface area contributed by atoms with Crippen molar-refractivity contribution >= 4 is 44.5 Å². The highest BCUT2D eigenvalue weighted by atomic mass is 79.9. The summed E-state index contributed by atoms with van der Waals surface area (Å²) in [5.74, 6) is 1.77. The molecule has 5 heterocycles. The Morgan fingerprint density at radius 1 is 1.00 bits per heavy atom. The fraction of sp³-hybridized carbons (Fsp3) is 0.609. The van der Waals surface area contributed by atoms with Crippen molar-refractivity contribution < 1.29 is 24.5 Å². The average molecular weight is 545 g/mol. The molecule has 6 nitrogen and oxygen atoms in total. The van der Waals surface area contributed by atoms with Gasteiger partial charge in [0.25, 0.3) is 0 Å². The lowest BCUT2D eigenvalue weighted by Crippen LogP contribution is -2.55. The van der Waals surface area contributed by atoms with Crippen molar-refractivity contribution in [3.63, 3.8) is 0 Å². The third-order valence-corrected chi connectivity index (χ3v) is 9.79. The van der Waals surface area contributed by atoms with E-state index in [1.54, 1.807) is 11.3 Å². The first-order chi connectivity index (χ1) is 15.0. The van der Waals surface area contributed by atoms with E-state index in [4.69, 9.17) is 9.47 Å². The Bertz CT molecular complexity index is 971. The maximum absolute atomic E-state index is 12.2. The number of ether oxygens (including phenoxy) is 2. The molecule has 0 spiro atoms. The minimum atomic E-state index is -0.694. The second-order valence-corrected chi connectivity index (χ2v) is 12.4. The first-order valence-corrected chi connectivity index (χ1v) is 13.5. The second kappa shape index (κ2) is 8.91. The Balaban J connectivity index is 0.000000165. The van der Waals surface area contributed by atoms with Crippen molar-refractivity contribution in [2.75, 3.05) is 6.54 Å². The Morgan fingerprint density at radius 3 is 2.25 bits per heavy atom. The minimum absolute atomic E-state index is 0.0499. The summed E-state index contributed by atoms with van der Waals surface area (Å²) in [6.07, 6.45) is 1.40. The first kappa shape index (κ1) is 24.0. The summed E-state index contributed by atoms with van der Waals surface area (Å²) in [5, 5.41) is 24.5. The van der Waals surface area contributed by atoms with Crippen LogP contribution in [0.4, 0.5) is 0 Å². The van der Waals surface area contributed by atoms with E-state index in [1.807, 2.05) is 55.5 Å². The zero-order valence-corrected chi connectivity index (χ0v) is 21.9. The number of carbonyl (C=O) groups excluding carboxylic acids is 1. The molecule has 4 unspecified atom stereocenters. The molecule has 176 valence electrons. The summed E-state index contributed by atoms with van der Waals surface area (Å²) in [4.78, 5) is 15.8. The lowest BCUT2D eigenvalue weighted by molar-refractivity contribution is -0.146. The van der Waals surface area contributed by atoms with E-state index in [-0.39, 0.29) is 22.4 Å². The molecule has 1 saturated heterocycles. The van der Waals surface area contributed by atoms with E-state index >= 15 is 0 Å². The number of fused-ring (bicyclic) bond motifs is 2. The van der Waals surface area contributed by atoms with E-state index in [9.17, 15) is 15.0 Å². The predicted octanol–water partition coefficient (Wildman–Crippen LogP) is 5.05. The van der Waals surface area contributed by atoms with Crippen molar-refractivity contribution in [2.24, 2.45) is 0 Å². The van der Waals surface area contributed by atoms with Gasteiger partial charge >= 0.3 is 0 Å². The quantitative estimate of drug-likeness (QED) is 0.492. The van der Waals surface area contributed by atoms with E-state index in [1.165, 1.54) is 11.3 Å². The largest absolute Gasteiger partial charge is 0.485 e. The first-order valence-electron chi connectivity index (χ1n) is 10.9. The average Bonchev–Trinajstić information content (AvgIpc) is 3.37. The summed E-state index contributed by atoms with van der Waals surface area (Å²) in [6.45, 7) is 8.42. The molecule has 5 rings (SSSR count). The van der Waals surface area contributed by atoms with Crippen molar-refractivity contribution in [1.29, 1.82) is 0 Å². The zero-order chi connectivity index (χ0) is 23.3. The van der Waals surface area contributed by atoms with Crippen LogP contribution in [0.15, 0.2) is 22.9 Å². The lowest BCUT2D eigenvalue weighted by atomic mass is 9.88. The molecule has 2 aromatic rings. The number of nitrogens with zero attached hydrogens (tertiary/aromatic N) is 1. The summed E-state index contributed by atoms with van der Waals surface area (Å²) < 4.78 is 11.6. The van der Waals surface area contributed by atoms with Crippen LogP contribution < -0.4 is 9.47 Å². The number of thiophene rings is 2. The van der Waals surface area contributed by atoms with Crippen molar-refractivity contribution in [1.82, 2.24) is 4.90 Å². The standard InChI is InChI=1S/C14H19NO3S.C9H11BrO2S/c1-14(2)13(17)11(12-9(18-14)6-8-19-12)15-7-4-3-5-10(15)16;1-9(2)8(10)6(11)7-5(12-9)3-4-13-7/h6,8,11,13,17H,3-5,7H2,1-2H3;3-4,6,8,11H,1-2H3. The predicted molar refractivity (Wildman–Crippen MR) is 130 cm³/mol. The molecule has 0 aromatic carbocycles. The molecular formula is C23H30BrNO5S2. The van der Waals surface area contributed by atoms with E-state index in [0.29, 0.717) is 6.42 Å². The minimum Gasteiger partial charge on any atom is -0.485 e. The SMILES string of the molecule is CC1(C)Oc2ccsc2C(N2CCCCC2=O)C1O.CC1(C)Oc2ccsc2C(O)C1Br. The van der Waals surface area contributed by atoms with Crippen LogP contribution in [0.2, 0.25) is 0 Å². The second-order valence-electron chi connectivity index (χ2n) is 9.49. The maximum Gasteiger partial charge on any atom is 0.223 e. The summed E-state index contributed by atoms with van der Waals surface area (Å²) in [6, 6.07) is 3.57. The number of rotatable bonds is 1. The van der Waals surface area contributed by atoms with E-state index in [2.05, 4.69) is 15.9 Å². The van der Waals surface area contributed by atoms with Gasteiger partial charge in [0.05, 0.1) is 20.6 Å². The molecule has 2 aromatic heterocycles. The molecule has 32 heavy (non-hydrogen) atoms. The van der Waals surface area contributed by atoms with Crippen LogP contribution in [-0.2, 0) is 4.79 Å². The number of carbonyl (C=O) groups is 1. The molecule has 0 radical (unpaired) electrons. The Hall–Kier alpha value is -1.13.